The number of rotatable bonds is 5. The Hall–Kier alpha value is -1.76. The van der Waals surface area contributed by atoms with Crippen LogP contribution in [-0.2, 0) is 4.79 Å². The monoisotopic (exact) mass is 396 g/mol. The number of carbonyl (C=O) groups is 1. The van der Waals surface area contributed by atoms with Gasteiger partial charge in [-0.15, -0.1) is 5.10 Å². The van der Waals surface area contributed by atoms with Gasteiger partial charge < -0.3 is 9.64 Å². The quantitative estimate of drug-likeness (QED) is 0.779. The number of carbonyl (C=O) groups excluding carboxylic acids is 1. The molecular formula is C18H22Cl2N4O2. The molecule has 1 fully saturated rings. The Bertz CT molecular complexity index is 785. The summed E-state index contributed by atoms with van der Waals surface area (Å²) >= 11 is 12.2. The summed E-state index contributed by atoms with van der Waals surface area (Å²) in [6, 6.07) is 7.20. The van der Waals surface area contributed by atoms with E-state index in [1.165, 1.54) is 0 Å². The van der Waals surface area contributed by atoms with Crippen molar-refractivity contribution in [3.05, 3.63) is 40.0 Å². The second-order valence-electron chi connectivity index (χ2n) is 6.33. The van der Waals surface area contributed by atoms with Crippen molar-refractivity contribution >= 4 is 29.1 Å². The van der Waals surface area contributed by atoms with Gasteiger partial charge in [0.1, 0.15) is 6.61 Å². The normalized spacial score (nSPS) is 15.3. The second kappa shape index (κ2) is 8.29. The molecule has 3 rings (SSSR count). The highest BCUT2D eigenvalue weighted by molar-refractivity contribution is 6.35. The number of piperazine rings is 1. The van der Waals surface area contributed by atoms with Crippen molar-refractivity contribution in [3.8, 4) is 11.6 Å². The van der Waals surface area contributed by atoms with Gasteiger partial charge in [-0.25, -0.2) is 4.68 Å². The van der Waals surface area contributed by atoms with Gasteiger partial charge in [-0.3, -0.25) is 9.69 Å². The highest BCUT2D eigenvalue weighted by Gasteiger charge is 2.18. The van der Waals surface area contributed by atoms with E-state index in [-0.39, 0.29) is 5.91 Å². The molecule has 0 spiro atoms. The number of halogens is 2. The van der Waals surface area contributed by atoms with Gasteiger partial charge in [0.05, 0.1) is 10.7 Å². The van der Waals surface area contributed by atoms with E-state index >= 15 is 0 Å². The number of ether oxygens (including phenoxy) is 1. The predicted molar refractivity (Wildman–Crippen MR) is 103 cm³/mol. The first kappa shape index (κ1) is 19.0. The molecule has 140 valence electrons. The molecule has 2 aromatic rings. The Morgan fingerprint density at radius 3 is 2.58 bits per heavy atom. The van der Waals surface area contributed by atoms with Gasteiger partial charge in [0.25, 0.3) is 0 Å². The minimum absolute atomic E-state index is 0.141. The van der Waals surface area contributed by atoms with Crippen molar-refractivity contribution in [2.24, 2.45) is 0 Å². The van der Waals surface area contributed by atoms with Crippen molar-refractivity contribution in [1.29, 1.82) is 0 Å². The molecule has 1 aliphatic heterocycles. The fraction of sp³-hybridized carbons (Fsp3) is 0.444. The van der Waals surface area contributed by atoms with Gasteiger partial charge in [-0.1, -0.05) is 23.2 Å². The Labute approximate surface area is 163 Å². The van der Waals surface area contributed by atoms with Crippen LogP contribution in [0.25, 0.3) is 5.69 Å². The van der Waals surface area contributed by atoms with Crippen LogP contribution in [0.2, 0.25) is 10.0 Å². The molecule has 0 unspecified atom stereocenters. The molecule has 1 saturated heterocycles. The van der Waals surface area contributed by atoms with E-state index in [1.807, 2.05) is 24.0 Å². The molecule has 26 heavy (non-hydrogen) atoms. The molecular weight excluding hydrogens is 375 g/mol. The second-order valence-corrected chi connectivity index (χ2v) is 7.17. The Morgan fingerprint density at radius 1 is 1.19 bits per heavy atom. The van der Waals surface area contributed by atoms with Gasteiger partial charge in [0.15, 0.2) is 0 Å². The topological polar surface area (TPSA) is 50.6 Å². The standard InChI is InChI=1S/C18H22Cl2N4O2/c1-13-11-18(21-24(13)17-4-3-15(19)12-16(17)20)26-10-9-22-5-7-23(8-6-22)14(2)25/h3-4,11-12H,5-10H2,1-2H3. The first-order chi connectivity index (χ1) is 12.4. The highest BCUT2D eigenvalue weighted by Crippen LogP contribution is 2.26. The van der Waals surface area contributed by atoms with Crippen molar-refractivity contribution in [3.63, 3.8) is 0 Å². The van der Waals surface area contributed by atoms with Crippen LogP contribution in [0.1, 0.15) is 12.6 Å². The third kappa shape index (κ3) is 4.50. The summed E-state index contributed by atoms with van der Waals surface area (Å²) in [7, 11) is 0. The molecule has 1 aromatic heterocycles. The molecule has 1 aliphatic rings. The number of amides is 1. The molecule has 0 N–H and O–H groups in total. The minimum Gasteiger partial charge on any atom is -0.475 e. The van der Waals surface area contributed by atoms with Gasteiger partial charge in [0, 0.05) is 56.4 Å². The fourth-order valence-corrected chi connectivity index (χ4v) is 3.47. The lowest BCUT2D eigenvalue weighted by Gasteiger charge is -2.33. The maximum Gasteiger partial charge on any atom is 0.233 e. The Balaban J connectivity index is 1.54. The molecule has 0 bridgehead atoms. The van der Waals surface area contributed by atoms with Crippen LogP contribution in [0.5, 0.6) is 5.88 Å². The van der Waals surface area contributed by atoms with E-state index in [2.05, 4.69) is 10.00 Å². The summed E-state index contributed by atoms with van der Waals surface area (Å²) in [5.41, 5.74) is 1.70. The van der Waals surface area contributed by atoms with Gasteiger partial charge in [0.2, 0.25) is 11.8 Å². The Morgan fingerprint density at radius 2 is 1.92 bits per heavy atom. The van der Waals surface area contributed by atoms with Crippen LogP contribution in [0.3, 0.4) is 0 Å². The molecule has 1 amide bonds. The van der Waals surface area contributed by atoms with E-state index in [0.717, 1.165) is 44.1 Å². The molecule has 0 radical (unpaired) electrons. The largest absolute Gasteiger partial charge is 0.475 e. The van der Waals surface area contributed by atoms with Crippen LogP contribution < -0.4 is 4.74 Å². The lowest BCUT2D eigenvalue weighted by molar-refractivity contribution is -0.130. The zero-order valence-corrected chi connectivity index (χ0v) is 16.4. The lowest BCUT2D eigenvalue weighted by atomic mass is 10.3. The third-order valence-corrected chi connectivity index (χ3v) is 5.02. The van der Waals surface area contributed by atoms with Crippen LogP contribution in [0, 0.1) is 6.92 Å². The number of hydrogen-bond acceptors (Lipinski definition) is 4. The van der Waals surface area contributed by atoms with Gasteiger partial charge in [-0.05, 0) is 25.1 Å². The molecule has 1 aromatic carbocycles. The summed E-state index contributed by atoms with van der Waals surface area (Å²) in [4.78, 5) is 15.5. The SMILES string of the molecule is CC(=O)N1CCN(CCOc2cc(C)n(-c3ccc(Cl)cc3Cl)n2)CC1. The smallest absolute Gasteiger partial charge is 0.233 e. The van der Waals surface area contributed by atoms with Crippen molar-refractivity contribution in [2.45, 2.75) is 13.8 Å². The summed E-state index contributed by atoms with van der Waals surface area (Å²) in [5, 5.41) is 5.61. The van der Waals surface area contributed by atoms with E-state index in [0.29, 0.717) is 22.5 Å². The molecule has 0 saturated carbocycles. The van der Waals surface area contributed by atoms with E-state index in [9.17, 15) is 4.79 Å². The minimum atomic E-state index is 0.141. The molecule has 8 heteroatoms. The van der Waals surface area contributed by atoms with Crippen LogP contribution in [-0.4, -0.2) is 64.8 Å². The zero-order chi connectivity index (χ0) is 18.7. The van der Waals surface area contributed by atoms with Gasteiger partial charge in [-0.2, -0.15) is 0 Å². The zero-order valence-electron chi connectivity index (χ0n) is 14.9. The van der Waals surface area contributed by atoms with E-state index in [1.54, 1.807) is 23.7 Å². The number of nitrogens with zero attached hydrogens (tertiary/aromatic N) is 4. The summed E-state index contributed by atoms with van der Waals surface area (Å²) < 4.78 is 7.56. The number of benzene rings is 1. The average Bonchev–Trinajstić information content (AvgIpc) is 2.96. The van der Waals surface area contributed by atoms with Crippen molar-refractivity contribution in [1.82, 2.24) is 19.6 Å². The fourth-order valence-electron chi connectivity index (χ4n) is 2.98. The van der Waals surface area contributed by atoms with E-state index < -0.39 is 0 Å². The van der Waals surface area contributed by atoms with Crippen LogP contribution in [0.4, 0.5) is 0 Å². The van der Waals surface area contributed by atoms with Crippen LogP contribution in [0.15, 0.2) is 24.3 Å². The molecule has 6 nitrogen and oxygen atoms in total. The van der Waals surface area contributed by atoms with Crippen LogP contribution >= 0.6 is 23.2 Å². The van der Waals surface area contributed by atoms with Crippen molar-refractivity contribution < 1.29 is 9.53 Å². The maximum atomic E-state index is 11.4. The molecule has 0 atom stereocenters. The maximum absolute atomic E-state index is 11.4. The Kier molecular flexibility index (Phi) is 6.06. The first-order valence-electron chi connectivity index (χ1n) is 8.57. The number of aryl methyl sites for hydroxylation is 1. The highest BCUT2D eigenvalue weighted by atomic mass is 35.5. The van der Waals surface area contributed by atoms with Gasteiger partial charge >= 0.3 is 0 Å². The first-order valence-corrected chi connectivity index (χ1v) is 9.32. The number of hydrogen-bond donors (Lipinski definition) is 0. The average molecular weight is 397 g/mol. The molecule has 0 aliphatic carbocycles. The molecule has 2 heterocycles. The summed E-state index contributed by atoms with van der Waals surface area (Å²) in [6.07, 6.45) is 0. The predicted octanol–water partition coefficient (Wildman–Crippen LogP) is 3.03. The lowest BCUT2D eigenvalue weighted by Crippen LogP contribution is -2.48. The third-order valence-electron chi connectivity index (χ3n) is 4.48. The van der Waals surface area contributed by atoms with E-state index in [4.69, 9.17) is 27.9 Å². The summed E-state index contributed by atoms with van der Waals surface area (Å²) in [5.74, 6) is 0.707. The number of aromatic nitrogens is 2. The van der Waals surface area contributed by atoms with Crippen molar-refractivity contribution in [2.75, 3.05) is 39.3 Å². The summed E-state index contributed by atoms with van der Waals surface area (Å²) in [6.45, 7) is 8.21.